The van der Waals surface area contributed by atoms with Crippen LogP contribution in [0.15, 0.2) is 53.4 Å². The molecule has 0 saturated carbocycles. The van der Waals surface area contributed by atoms with Gasteiger partial charge in [-0.3, -0.25) is 9.00 Å². The van der Waals surface area contributed by atoms with E-state index in [0.717, 1.165) is 0 Å². The number of amides is 1. The number of hydrogen-bond donors (Lipinski definition) is 1. The Bertz CT molecular complexity index is 1300. The number of hydrogen-bond acceptors (Lipinski definition) is 6. The predicted molar refractivity (Wildman–Crippen MR) is 120 cm³/mol. The molecular weight excluding hydrogens is 494 g/mol. The molecule has 0 aliphatic rings. The quantitative estimate of drug-likeness (QED) is 0.430. The first-order valence-electron chi connectivity index (χ1n) is 9.17. The molecule has 0 spiro atoms. The van der Waals surface area contributed by atoms with Gasteiger partial charge in [-0.1, -0.05) is 23.2 Å². The number of ether oxygens (including phenoxy) is 2. The molecule has 1 unspecified atom stereocenters. The first kappa shape index (κ1) is 24.5. The van der Waals surface area contributed by atoms with Crippen LogP contribution in [-0.4, -0.2) is 21.3 Å². The minimum atomic E-state index is -2.39. The van der Waals surface area contributed by atoms with Crippen LogP contribution in [-0.2, 0) is 15.9 Å². The smallest absolute Gasteiger partial charge is 0.262 e. The van der Waals surface area contributed by atoms with E-state index < -0.39 is 29.4 Å². The second kappa shape index (κ2) is 10.6. The molecule has 0 aliphatic heterocycles. The second-order valence-corrected chi connectivity index (χ2v) is 8.41. The van der Waals surface area contributed by atoms with Gasteiger partial charge in [0.05, 0.1) is 16.7 Å². The molecule has 1 atom stereocenters. The molecule has 0 fully saturated rings. The third-order valence-corrected chi connectivity index (χ3v) is 5.41. The SMILES string of the molecule is Cc1cc(S(=O)[O-])ccc1NC(=O)COc1ccc(Cl)c(Oc2cc(Cl)cc(C#N)c2)c1F. The standard InChI is InChI=1S/C22H15Cl2FN2O5S/c1-12-6-16(33(29)30)2-4-18(12)27-20(28)11-31-19-5-3-17(24)22(21(19)25)32-15-8-13(10-26)7-14(23)9-15/h2-9H,11H2,1H3,(H,27,28)(H,29,30)/p-1. The van der Waals surface area contributed by atoms with E-state index in [0.29, 0.717) is 11.3 Å². The molecule has 170 valence electrons. The molecule has 0 aliphatic carbocycles. The van der Waals surface area contributed by atoms with E-state index in [1.807, 2.05) is 6.07 Å². The van der Waals surface area contributed by atoms with Crippen LogP contribution in [0.2, 0.25) is 10.0 Å². The molecule has 11 heteroatoms. The number of benzene rings is 3. The van der Waals surface area contributed by atoms with Crippen molar-refractivity contribution in [1.29, 1.82) is 5.26 Å². The molecule has 3 aromatic carbocycles. The summed E-state index contributed by atoms with van der Waals surface area (Å²) >= 11 is 9.59. The highest BCUT2D eigenvalue weighted by atomic mass is 35.5. The number of anilines is 1. The maximum absolute atomic E-state index is 14.9. The largest absolute Gasteiger partial charge is 0.768 e. The second-order valence-electron chi connectivity index (χ2n) is 6.63. The number of rotatable bonds is 7. The Hall–Kier alpha value is -3.16. The van der Waals surface area contributed by atoms with Crippen LogP contribution in [0.3, 0.4) is 0 Å². The molecule has 0 radical (unpaired) electrons. The van der Waals surface area contributed by atoms with Gasteiger partial charge in [0.15, 0.2) is 18.1 Å². The normalized spacial score (nSPS) is 11.4. The van der Waals surface area contributed by atoms with Crippen molar-refractivity contribution in [3.8, 4) is 23.3 Å². The molecular formula is C22H14Cl2FN2O5S-. The van der Waals surface area contributed by atoms with Crippen molar-refractivity contribution >= 4 is 45.9 Å². The Labute approximate surface area is 200 Å². The number of nitriles is 1. The predicted octanol–water partition coefficient (Wildman–Crippen LogP) is 5.36. The summed E-state index contributed by atoms with van der Waals surface area (Å²) < 4.78 is 47.7. The van der Waals surface area contributed by atoms with Gasteiger partial charge in [0.25, 0.3) is 5.91 Å². The number of halogens is 3. The number of nitrogens with zero attached hydrogens (tertiary/aromatic N) is 1. The minimum Gasteiger partial charge on any atom is -0.768 e. The van der Waals surface area contributed by atoms with E-state index in [4.69, 9.17) is 37.9 Å². The molecule has 1 amide bonds. The Balaban J connectivity index is 1.72. The molecule has 1 N–H and O–H groups in total. The molecule has 3 aromatic rings. The van der Waals surface area contributed by atoms with E-state index in [1.165, 1.54) is 48.5 Å². The highest BCUT2D eigenvalue weighted by Gasteiger charge is 2.18. The highest BCUT2D eigenvalue weighted by molar-refractivity contribution is 7.79. The van der Waals surface area contributed by atoms with Crippen molar-refractivity contribution < 1.29 is 27.4 Å². The van der Waals surface area contributed by atoms with Gasteiger partial charge in [-0.2, -0.15) is 9.65 Å². The van der Waals surface area contributed by atoms with Crippen LogP contribution in [0.5, 0.6) is 17.2 Å². The van der Waals surface area contributed by atoms with Gasteiger partial charge in [0, 0.05) is 15.6 Å². The van der Waals surface area contributed by atoms with Crippen molar-refractivity contribution in [2.75, 3.05) is 11.9 Å². The first-order valence-corrected chi connectivity index (χ1v) is 11.0. The van der Waals surface area contributed by atoms with Crippen LogP contribution in [0, 0.1) is 24.1 Å². The molecule has 0 saturated heterocycles. The Morgan fingerprint density at radius 3 is 2.64 bits per heavy atom. The summed E-state index contributed by atoms with van der Waals surface area (Å²) in [4.78, 5) is 12.3. The fourth-order valence-corrected chi connectivity index (χ4v) is 3.59. The van der Waals surface area contributed by atoms with Crippen LogP contribution in [0.25, 0.3) is 0 Å². The van der Waals surface area contributed by atoms with E-state index in [2.05, 4.69) is 5.32 Å². The number of carbonyl (C=O) groups excluding carboxylic acids is 1. The first-order chi connectivity index (χ1) is 15.7. The Kier molecular flexibility index (Phi) is 7.89. The number of aryl methyl sites for hydroxylation is 1. The highest BCUT2D eigenvalue weighted by Crippen LogP contribution is 2.37. The maximum Gasteiger partial charge on any atom is 0.262 e. The van der Waals surface area contributed by atoms with Crippen molar-refractivity contribution in [1.82, 2.24) is 0 Å². The molecule has 0 heterocycles. The van der Waals surface area contributed by atoms with E-state index in [-0.39, 0.29) is 37.8 Å². The van der Waals surface area contributed by atoms with Crippen LogP contribution < -0.4 is 14.8 Å². The van der Waals surface area contributed by atoms with E-state index in [1.54, 1.807) is 6.92 Å². The zero-order valence-corrected chi connectivity index (χ0v) is 19.2. The maximum atomic E-state index is 14.9. The summed E-state index contributed by atoms with van der Waals surface area (Å²) in [5.74, 6) is -2.11. The van der Waals surface area contributed by atoms with E-state index in [9.17, 15) is 17.9 Å². The molecule has 7 nitrogen and oxygen atoms in total. The summed E-state index contributed by atoms with van der Waals surface area (Å²) in [7, 11) is 0. The topological polar surface area (TPSA) is 111 Å². The van der Waals surface area contributed by atoms with Gasteiger partial charge in [0.2, 0.25) is 5.82 Å². The van der Waals surface area contributed by atoms with Crippen molar-refractivity contribution in [3.63, 3.8) is 0 Å². The summed E-state index contributed by atoms with van der Waals surface area (Å²) in [6.45, 7) is 1.09. The third kappa shape index (κ3) is 6.21. The Morgan fingerprint density at radius 2 is 1.97 bits per heavy atom. The summed E-state index contributed by atoms with van der Waals surface area (Å²) in [5.41, 5.74) is 1.12. The van der Waals surface area contributed by atoms with Crippen LogP contribution in [0.1, 0.15) is 11.1 Å². The van der Waals surface area contributed by atoms with Gasteiger partial charge in [-0.25, -0.2) is 0 Å². The van der Waals surface area contributed by atoms with Crippen LogP contribution in [0.4, 0.5) is 10.1 Å². The molecule has 0 aromatic heterocycles. The fraction of sp³-hybridized carbons (Fsp3) is 0.0909. The van der Waals surface area contributed by atoms with Gasteiger partial charge >= 0.3 is 0 Å². The molecule has 33 heavy (non-hydrogen) atoms. The van der Waals surface area contributed by atoms with Gasteiger partial charge in [-0.05, 0) is 72.1 Å². The summed E-state index contributed by atoms with van der Waals surface area (Å²) in [6, 6.07) is 12.8. The zero-order valence-electron chi connectivity index (χ0n) is 16.9. The number of carbonyl (C=O) groups is 1. The summed E-state index contributed by atoms with van der Waals surface area (Å²) in [5, 5.41) is 11.8. The minimum absolute atomic E-state index is 0.0609. The molecule has 3 rings (SSSR count). The lowest BCUT2D eigenvalue weighted by atomic mass is 10.2. The zero-order chi connectivity index (χ0) is 24.1. The van der Waals surface area contributed by atoms with Gasteiger partial charge in [-0.15, -0.1) is 0 Å². The fourth-order valence-electron chi connectivity index (χ4n) is 2.73. The van der Waals surface area contributed by atoms with Crippen molar-refractivity contribution in [3.05, 3.63) is 75.5 Å². The summed E-state index contributed by atoms with van der Waals surface area (Å²) in [6.07, 6.45) is 0. The van der Waals surface area contributed by atoms with Crippen molar-refractivity contribution in [2.24, 2.45) is 0 Å². The lowest BCUT2D eigenvalue weighted by Crippen LogP contribution is -2.21. The average molecular weight is 508 g/mol. The third-order valence-electron chi connectivity index (χ3n) is 4.26. The molecule has 0 bridgehead atoms. The van der Waals surface area contributed by atoms with Crippen LogP contribution >= 0.6 is 23.2 Å². The van der Waals surface area contributed by atoms with E-state index >= 15 is 0 Å². The van der Waals surface area contributed by atoms with Gasteiger partial charge in [0.1, 0.15) is 5.75 Å². The average Bonchev–Trinajstić information content (AvgIpc) is 2.77. The lowest BCUT2D eigenvalue weighted by molar-refractivity contribution is -0.118. The monoisotopic (exact) mass is 507 g/mol. The number of nitrogens with one attached hydrogen (secondary N) is 1. The lowest BCUT2D eigenvalue weighted by Gasteiger charge is -2.14. The van der Waals surface area contributed by atoms with Gasteiger partial charge < -0.3 is 19.3 Å². The Morgan fingerprint density at radius 1 is 1.21 bits per heavy atom. The van der Waals surface area contributed by atoms with Crippen molar-refractivity contribution in [2.45, 2.75) is 11.8 Å².